The zero-order valence-corrected chi connectivity index (χ0v) is 13.5. The molecule has 0 unspecified atom stereocenters. The quantitative estimate of drug-likeness (QED) is 0.876. The third-order valence-electron chi connectivity index (χ3n) is 2.47. The number of thioether (sulfide) groups is 1. The van der Waals surface area contributed by atoms with Crippen LogP contribution in [0.25, 0.3) is 0 Å². The molecule has 0 spiro atoms. The normalized spacial score (nSPS) is 11.6. The molecule has 1 amide bonds. The molecule has 0 saturated carbocycles. The van der Waals surface area contributed by atoms with Gasteiger partial charge in [0.2, 0.25) is 5.91 Å². The Hall–Kier alpha value is -1.34. The largest absolute Gasteiger partial charge is 0.360 e. The standard InChI is InChI=1S/C13H17N3O2S2/c1-8-5-10(16-18-8)15-11(17)7-20-12-14-9(6-19-12)13(2,3)4/h5-6H,7H2,1-4H3,(H,15,16,17). The summed E-state index contributed by atoms with van der Waals surface area (Å²) in [5, 5.41) is 8.44. The molecule has 5 nitrogen and oxygen atoms in total. The molecule has 0 fully saturated rings. The van der Waals surface area contributed by atoms with Gasteiger partial charge in [-0.2, -0.15) is 0 Å². The van der Waals surface area contributed by atoms with E-state index < -0.39 is 0 Å². The first-order valence-electron chi connectivity index (χ1n) is 6.16. The van der Waals surface area contributed by atoms with Crippen molar-refractivity contribution in [1.82, 2.24) is 10.1 Å². The van der Waals surface area contributed by atoms with Gasteiger partial charge in [-0.05, 0) is 6.92 Å². The Kier molecular flexibility index (Phi) is 4.49. The van der Waals surface area contributed by atoms with E-state index in [0.29, 0.717) is 17.3 Å². The minimum absolute atomic E-state index is 0.0375. The summed E-state index contributed by atoms with van der Waals surface area (Å²) in [7, 11) is 0. The van der Waals surface area contributed by atoms with E-state index >= 15 is 0 Å². The fraction of sp³-hybridized carbons (Fsp3) is 0.462. The van der Waals surface area contributed by atoms with E-state index in [0.717, 1.165) is 10.0 Å². The minimum atomic E-state index is -0.115. The van der Waals surface area contributed by atoms with Gasteiger partial charge in [-0.15, -0.1) is 11.3 Å². The Morgan fingerprint density at radius 2 is 2.25 bits per heavy atom. The number of amides is 1. The van der Waals surface area contributed by atoms with Crippen LogP contribution in [0, 0.1) is 6.92 Å². The summed E-state index contributed by atoms with van der Waals surface area (Å²) in [5.41, 5.74) is 1.09. The lowest BCUT2D eigenvalue weighted by Gasteiger charge is -2.14. The Morgan fingerprint density at radius 3 is 2.80 bits per heavy atom. The second-order valence-corrected chi connectivity index (χ2v) is 7.49. The van der Waals surface area contributed by atoms with E-state index in [2.05, 4.69) is 36.2 Å². The van der Waals surface area contributed by atoms with Crippen LogP contribution in [0.15, 0.2) is 20.3 Å². The lowest BCUT2D eigenvalue weighted by Crippen LogP contribution is -2.14. The zero-order valence-electron chi connectivity index (χ0n) is 11.9. The van der Waals surface area contributed by atoms with Crippen LogP contribution in [0.5, 0.6) is 0 Å². The van der Waals surface area contributed by atoms with E-state index in [1.165, 1.54) is 11.8 Å². The SMILES string of the molecule is Cc1cc(NC(=O)CSc2nc(C(C)(C)C)cs2)no1. The Morgan fingerprint density at radius 1 is 1.50 bits per heavy atom. The highest BCUT2D eigenvalue weighted by Crippen LogP contribution is 2.29. The zero-order chi connectivity index (χ0) is 14.8. The van der Waals surface area contributed by atoms with Gasteiger partial charge in [0.25, 0.3) is 0 Å². The van der Waals surface area contributed by atoms with E-state index in [-0.39, 0.29) is 11.3 Å². The summed E-state index contributed by atoms with van der Waals surface area (Å²) in [6.07, 6.45) is 0. The van der Waals surface area contributed by atoms with Crippen LogP contribution in [0.2, 0.25) is 0 Å². The molecule has 0 aliphatic rings. The lowest BCUT2D eigenvalue weighted by molar-refractivity contribution is -0.113. The van der Waals surface area contributed by atoms with Crippen LogP contribution >= 0.6 is 23.1 Å². The van der Waals surface area contributed by atoms with E-state index in [1.807, 2.05) is 5.38 Å². The molecule has 1 N–H and O–H groups in total. The third kappa shape index (κ3) is 4.08. The summed E-state index contributed by atoms with van der Waals surface area (Å²) in [5.74, 6) is 1.31. The van der Waals surface area contributed by atoms with E-state index in [9.17, 15) is 4.79 Å². The molecule has 0 saturated heterocycles. The van der Waals surface area contributed by atoms with Crippen molar-refractivity contribution in [2.45, 2.75) is 37.4 Å². The summed E-state index contributed by atoms with van der Waals surface area (Å²) >= 11 is 3.00. The monoisotopic (exact) mass is 311 g/mol. The number of carbonyl (C=O) groups is 1. The Balaban J connectivity index is 1.86. The minimum Gasteiger partial charge on any atom is -0.360 e. The highest BCUT2D eigenvalue weighted by atomic mass is 32.2. The van der Waals surface area contributed by atoms with Crippen LogP contribution in [0.3, 0.4) is 0 Å². The predicted molar refractivity (Wildman–Crippen MR) is 81.4 cm³/mol. The van der Waals surface area contributed by atoms with Crippen molar-refractivity contribution < 1.29 is 9.32 Å². The Labute approximate surface area is 126 Å². The molecule has 108 valence electrons. The van der Waals surface area contributed by atoms with Gasteiger partial charge in [0.15, 0.2) is 10.2 Å². The van der Waals surface area contributed by atoms with Gasteiger partial charge in [-0.25, -0.2) is 4.98 Å². The number of carbonyl (C=O) groups excluding carboxylic acids is 1. The van der Waals surface area contributed by atoms with Crippen LogP contribution in [0.1, 0.15) is 32.2 Å². The van der Waals surface area contributed by atoms with Gasteiger partial charge in [0, 0.05) is 16.9 Å². The van der Waals surface area contributed by atoms with Crippen molar-refractivity contribution in [3.05, 3.63) is 22.9 Å². The first-order valence-corrected chi connectivity index (χ1v) is 8.03. The first kappa shape index (κ1) is 15.1. The van der Waals surface area contributed by atoms with E-state index in [1.54, 1.807) is 24.3 Å². The van der Waals surface area contributed by atoms with Crippen LogP contribution in [-0.2, 0) is 10.2 Å². The first-order chi connectivity index (χ1) is 9.34. The summed E-state index contributed by atoms with van der Waals surface area (Å²) < 4.78 is 5.79. The molecule has 0 aliphatic heterocycles. The number of nitrogens with zero attached hydrogens (tertiary/aromatic N) is 2. The molecule has 2 aromatic heterocycles. The van der Waals surface area contributed by atoms with Gasteiger partial charge in [0.05, 0.1) is 11.4 Å². The average Bonchev–Trinajstić information content (AvgIpc) is 2.95. The van der Waals surface area contributed by atoms with Gasteiger partial charge >= 0.3 is 0 Å². The fourth-order valence-corrected chi connectivity index (χ4v) is 3.25. The number of nitrogens with one attached hydrogen (secondary N) is 1. The number of anilines is 1. The van der Waals surface area contributed by atoms with Gasteiger partial charge in [-0.1, -0.05) is 37.7 Å². The van der Waals surface area contributed by atoms with Crippen molar-refractivity contribution in [3.63, 3.8) is 0 Å². The second-order valence-electron chi connectivity index (χ2n) is 5.41. The van der Waals surface area contributed by atoms with Gasteiger partial charge in [0.1, 0.15) is 5.76 Å². The Bertz CT molecular complexity index is 599. The molecule has 0 aliphatic carbocycles. The number of aryl methyl sites for hydroxylation is 1. The number of thiazole rings is 1. The molecule has 2 heterocycles. The topological polar surface area (TPSA) is 68.0 Å². The van der Waals surface area contributed by atoms with Crippen molar-refractivity contribution in [1.29, 1.82) is 0 Å². The highest BCUT2D eigenvalue weighted by molar-refractivity contribution is 8.01. The maximum Gasteiger partial charge on any atom is 0.236 e. The van der Waals surface area contributed by atoms with Crippen molar-refractivity contribution in [2.75, 3.05) is 11.1 Å². The van der Waals surface area contributed by atoms with Gasteiger partial charge in [-0.3, -0.25) is 4.79 Å². The lowest BCUT2D eigenvalue weighted by atomic mass is 9.93. The summed E-state index contributed by atoms with van der Waals surface area (Å²) in [6.45, 7) is 8.14. The maximum atomic E-state index is 11.8. The summed E-state index contributed by atoms with van der Waals surface area (Å²) in [4.78, 5) is 16.3. The maximum absolute atomic E-state index is 11.8. The van der Waals surface area contributed by atoms with Crippen LogP contribution < -0.4 is 5.32 Å². The molecular weight excluding hydrogens is 294 g/mol. The van der Waals surface area contributed by atoms with Crippen molar-refractivity contribution in [3.8, 4) is 0 Å². The second kappa shape index (κ2) is 5.97. The molecular formula is C13H17N3O2S2. The number of aromatic nitrogens is 2. The highest BCUT2D eigenvalue weighted by Gasteiger charge is 2.18. The molecule has 0 bridgehead atoms. The number of hydrogen-bond donors (Lipinski definition) is 1. The summed E-state index contributed by atoms with van der Waals surface area (Å²) in [6, 6.07) is 1.68. The third-order valence-corrected chi connectivity index (χ3v) is 4.49. The average molecular weight is 311 g/mol. The number of hydrogen-bond acceptors (Lipinski definition) is 6. The molecule has 0 radical (unpaired) electrons. The molecule has 7 heteroatoms. The van der Waals surface area contributed by atoms with Crippen molar-refractivity contribution >= 4 is 34.8 Å². The van der Waals surface area contributed by atoms with E-state index in [4.69, 9.17) is 4.52 Å². The molecule has 0 aromatic carbocycles. The molecule has 2 aromatic rings. The van der Waals surface area contributed by atoms with Crippen LogP contribution in [-0.4, -0.2) is 21.8 Å². The molecule has 2 rings (SSSR count). The number of rotatable bonds is 4. The molecule has 0 atom stereocenters. The van der Waals surface area contributed by atoms with Crippen molar-refractivity contribution in [2.24, 2.45) is 0 Å². The van der Waals surface area contributed by atoms with Crippen LogP contribution in [0.4, 0.5) is 5.82 Å². The predicted octanol–water partition coefficient (Wildman–Crippen LogP) is 3.47. The van der Waals surface area contributed by atoms with Gasteiger partial charge < -0.3 is 9.84 Å². The molecule has 20 heavy (non-hydrogen) atoms. The fourth-order valence-electron chi connectivity index (χ4n) is 1.40. The smallest absolute Gasteiger partial charge is 0.236 e.